The summed E-state index contributed by atoms with van der Waals surface area (Å²) in [5.74, 6) is -1.11. The number of hydrogen-bond donors (Lipinski definition) is 2. The van der Waals surface area contributed by atoms with E-state index in [9.17, 15) is 14.7 Å². The molecule has 0 unspecified atom stereocenters. The van der Waals surface area contributed by atoms with Gasteiger partial charge in [-0.25, -0.2) is 4.79 Å². The number of nitrogens with one attached hydrogen (secondary N) is 1. The zero-order chi connectivity index (χ0) is 16.6. The van der Waals surface area contributed by atoms with Crippen molar-refractivity contribution in [3.63, 3.8) is 0 Å². The van der Waals surface area contributed by atoms with E-state index in [-0.39, 0.29) is 12.5 Å². The minimum absolute atomic E-state index is 0.185. The number of esters is 1. The molecule has 0 aromatic heterocycles. The van der Waals surface area contributed by atoms with E-state index in [0.717, 1.165) is 19.3 Å². The Kier molecular flexibility index (Phi) is 14.1. The average molecular weight is 315 g/mol. The topological polar surface area (TPSA) is 75.6 Å². The molecule has 0 aliphatic rings. The van der Waals surface area contributed by atoms with E-state index in [4.69, 9.17) is 0 Å². The van der Waals surface area contributed by atoms with Crippen LogP contribution in [-0.4, -0.2) is 29.8 Å². The summed E-state index contributed by atoms with van der Waals surface area (Å²) >= 11 is 0. The fourth-order valence-corrected chi connectivity index (χ4v) is 2.28. The Morgan fingerprint density at radius 2 is 1.41 bits per heavy atom. The van der Waals surface area contributed by atoms with Crippen molar-refractivity contribution in [1.82, 2.24) is 5.32 Å². The molecule has 0 aromatic carbocycles. The molecule has 5 heteroatoms. The molecule has 1 amide bonds. The highest BCUT2D eigenvalue weighted by Gasteiger charge is 2.17. The number of carbonyl (C=O) groups is 2. The van der Waals surface area contributed by atoms with Crippen LogP contribution in [0.15, 0.2) is 0 Å². The molecule has 130 valence electrons. The first-order valence-corrected chi connectivity index (χ1v) is 8.75. The molecule has 2 N–H and O–H groups in total. The van der Waals surface area contributed by atoms with Crippen molar-refractivity contribution in [3.05, 3.63) is 0 Å². The van der Waals surface area contributed by atoms with Crippen molar-refractivity contribution >= 4 is 11.9 Å². The summed E-state index contributed by atoms with van der Waals surface area (Å²) in [5.41, 5.74) is 0. The van der Waals surface area contributed by atoms with Gasteiger partial charge in [0.25, 0.3) is 0 Å². The van der Waals surface area contributed by atoms with Crippen molar-refractivity contribution in [3.8, 4) is 0 Å². The Labute approximate surface area is 134 Å². The first kappa shape index (κ1) is 20.9. The summed E-state index contributed by atoms with van der Waals surface area (Å²) in [7, 11) is 0. The van der Waals surface area contributed by atoms with E-state index >= 15 is 0 Å². The van der Waals surface area contributed by atoms with Crippen LogP contribution in [0.2, 0.25) is 0 Å². The van der Waals surface area contributed by atoms with Gasteiger partial charge in [-0.1, -0.05) is 64.7 Å². The van der Waals surface area contributed by atoms with Crippen molar-refractivity contribution in [1.29, 1.82) is 0 Å². The molecule has 0 fully saturated rings. The molecule has 0 saturated carbocycles. The lowest BCUT2D eigenvalue weighted by Crippen LogP contribution is -2.41. The van der Waals surface area contributed by atoms with E-state index in [2.05, 4.69) is 17.0 Å². The first-order valence-electron chi connectivity index (χ1n) is 8.75. The number of carbonyl (C=O) groups excluding carboxylic acids is 2. The standard InChI is InChI=1S/C17H33NO4/c1-3-5-6-7-8-9-10-11-12-13-14-15(19)18-16(20)17(21)22-4-2/h16,20H,3-14H2,1-2H3,(H,18,19)/t16-/m0/s1. The van der Waals surface area contributed by atoms with Gasteiger partial charge in [0.1, 0.15) is 0 Å². The second-order valence-electron chi connectivity index (χ2n) is 5.65. The highest BCUT2D eigenvalue weighted by atomic mass is 16.5. The quantitative estimate of drug-likeness (QED) is 0.293. The second-order valence-corrected chi connectivity index (χ2v) is 5.65. The number of aliphatic hydroxyl groups excluding tert-OH is 1. The molecule has 0 heterocycles. The molecule has 0 radical (unpaired) electrons. The van der Waals surface area contributed by atoms with Gasteiger partial charge in [0, 0.05) is 6.42 Å². The Hall–Kier alpha value is -1.10. The fraction of sp³-hybridized carbons (Fsp3) is 0.882. The molecule has 0 aromatic rings. The van der Waals surface area contributed by atoms with E-state index in [1.165, 1.54) is 44.9 Å². The van der Waals surface area contributed by atoms with Crippen LogP contribution < -0.4 is 5.32 Å². The van der Waals surface area contributed by atoms with Gasteiger partial charge in [0.15, 0.2) is 0 Å². The van der Waals surface area contributed by atoms with Gasteiger partial charge < -0.3 is 15.2 Å². The first-order chi connectivity index (χ1) is 10.6. The molecule has 0 aliphatic carbocycles. The van der Waals surface area contributed by atoms with Gasteiger partial charge in [-0.15, -0.1) is 0 Å². The van der Waals surface area contributed by atoms with Gasteiger partial charge in [-0.3, -0.25) is 4.79 Å². The predicted octanol–water partition coefficient (Wildman–Crippen LogP) is 3.30. The summed E-state index contributed by atoms with van der Waals surface area (Å²) < 4.78 is 4.61. The summed E-state index contributed by atoms with van der Waals surface area (Å²) in [6.45, 7) is 4.06. The Morgan fingerprint density at radius 3 is 1.91 bits per heavy atom. The van der Waals surface area contributed by atoms with Crippen LogP contribution in [0.25, 0.3) is 0 Å². The highest BCUT2D eigenvalue weighted by molar-refractivity contribution is 5.83. The van der Waals surface area contributed by atoms with E-state index in [1.807, 2.05) is 0 Å². The minimum atomic E-state index is -1.55. The molecule has 1 atom stereocenters. The predicted molar refractivity (Wildman–Crippen MR) is 87.2 cm³/mol. The molecule has 0 spiro atoms. The van der Waals surface area contributed by atoms with Gasteiger partial charge in [0.2, 0.25) is 12.1 Å². The maximum absolute atomic E-state index is 11.5. The lowest BCUT2D eigenvalue weighted by atomic mass is 10.1. The van der Waals surface area contributed by atoms with Gasteiger partial charge in [-0.05, 0) is 13.3 Å². The lowest BCUT2D eigenvalue weighted by molar-refractivity contribution is -0.157. The van der Waals surface area contributed by atoms with Crippen LogP contribution in [-0.2, 0) is 14.3 Å². The molecule has 0 rings (SSSR count). The summed E-state index contributed by atoms with van der Waals surface area (Å²) in [6.07, 6.45) is 10.9. The van der Waals surface area contributed by atoms with Gasteiger partial charge in [0.05, 0.1) is 6.61 Å². The minimum Gasteiger partial charge on any atom is -0.463 e. The van der Waals surface area contributed by atoms with Crippen molar-refractivity contribution < 1.29 is 19.4 Å². The van der Waals surface area contributed by atoms with Crippen LogP contribution in [0.4, 0.5) is 0 Å². The maximum atomic E-state index is 11.5. The molecular formula is C17H33NO4. The molecular weight excluding hydrogens is 282 g/mol. The number of rotatable bonds is 14. The van der Waals surface area contributed by atoms with Crippen molar-refractivity contribution in [2.24, 2.45) is 0 Å². The van der Waals surface area contributed by atoms with Crippen LogP contribution >= 0.6 is 0 Å². The average Bonchev–Trinajstić information content (AvgIpc) is 2.49. The van der Waals surface area contributed by atoms with Crippen LogP contribution in [0.1, 0.15) is 84.5 Å². The lowest BCUT2D eigenvalue weighted by Gasteiger charge is -2.11. The van der Waals surface area contributed by atoms with E-state index in [0.29, 0.717) is 6.42 Å². The molecule has 0 bridgehead atoms. The molecule has 5 nitrogen and oxygen atoms in total. The summed E-state index contributed by atoms with van der Waals surface area (Å²) in [5, 5.41) is 11.6. The van der Waals surface area contributed by atoms with E-state index < -0.39 is 12.2 Å². The highest BCUT2D eigenvalue weighted by Crippen LogP contribution is 2.11. The van der Waals surface area contributed by atoms with Crippen LogP contribution in [0, 0.1) is 0 Å². The zero-order valence-electron chi connectivity index (χ0n) is 14.2. The smallest absolute Gasteiger partial charge is 0.356 e. The Balaban J connectivity index is 3.40. The number of aliphatic hydroxyl groups is 1. The maximum Gasteiger partial charge on any atom is 0.356 e. The third-order valence-corrected chi connectivity index (χ3v) is 3.56. The molecule has 0 aliphatic heterocycles. The number of amides is 1. The number of unbranched alkanes of at least 4 members (excludes halogenated alkanes) is 9. The van der Waals surface area contributed by atoms with Gasteiger partial charge in [-0.2, -0.15) is 0 Å². The second kappa shape index (κ2) is 14.8. The van der Waals surface area contributed by atoms with Crippen LogP contribution in [0.5, 0.6) is 0 Å². The largest absolute Gasteiger partial charge is 0.463 e. The normalized spacial score (nSPS) is 12.0. The van der Waals surface area contributed by atoms with Crippen molar-refractivity contribution in [2.45, 2.75) is 90.7 Å². The molecule has 22 heavy (non-hydrogen) atoms. The SMILES string of the molecule is CCCCCCCCCCCCC(=O)N[C@@H](O)C(=O)OCC. The zero-order valence-corrected chi connectivity index (χ0v) is 14.2. The van der Waals surface area contributed by atoms with Gasteiger partial charge >= 0.3 is 5.97 Å². The van der Waals surface area contributed by atoms with Crippen molar-refractivity contribution in [2.75, 3.05) is 6.61 Å². The Bertz CT molecular complexity index is 294. The number of ether oxygens (including phenoxy) is 1. The summed E-state index contributed by atoms with van der Waals surface area (Å²) in [6, 6.07) is 0. The third-order valence-electron chi connectivity index (χ3n) is 3.56. The third kappa shape index (κ3) is 12.6. The summed E-state index contributed by atoms with van der Waals surface area (Å²) in [4.78, 5) is 22.7. The number of hydrogen-bond acceptors (Lipinski definition) is 4. The monoisotopic (exact) mass is 315 g/mol. The fourth-order valence-electron chi connectivity index (χ4n) is 2.28. The van der Waals surface area contributed by atoms with E-state index in [1.54, 1.807) is 6.92 Å². The van der Waals surface area contributed by atoms with Crippen LogP contribution in [0.3, 0.4) is 0 Å². The molecule has 0 saturated heterocycles. The Morgan fingerprint density at radius 1 is 0.909 bits per heavy atom.